The molecule has 0 heterocycles. The number of phenolic OH excluding ortho intramolecular Hbond substituents is 1. The molecule has 0 saturated heterocycles. The van der Waals surface area contributed by atoms with Crippen molar-refractivity contribution in [2.24, 2.45) is 0 Å². The molecule has 1 aromatic carbocycles. The van der Waals surface area contributed by atoms with E-state index in [9.17, 15) is 14.7 Å². The van der Waals surface area contributed by atoms with E-state index in [-0.39, 0.29) is 18.8 Å². The van der Waals surface area contributed by atoms with E-state index in [1.54, 1.807) is 6.92 Å². The maximum Gasteiger partial charge on any atom is 0.330 e. The number of hydrogen-bond donors (Lipinski definition) is 2. The summed E-state index contributed by atoms with van der Waals surface area (Å²) in [5.41, 5.74) is 0.922. The van der Waals surface area contributed by atoms with Crippen LogP contribution in [0.3, 0.4) is 0 Å². The van der Waals surface area contributed by atoms with Crippen molar-refractivity contribution in [1.29, 1.82) is 0 Å². The van der Waals surface area contributed by atoms with Gasteiger partial charge in [0.2, 0.25) is 0 Å². The zero-order valence-corrected chi connectivity index (χ0v) is 9.92. The molecule has 0 fully saturated rings. The molecule has 0 bridgehead atoms. The molecular weight excluding hydrogens is 236 g/mol. The second-order valence-electron chi connectivity index (χ2n) is 3.55. The van der Waals surface area contributed by atoms with E-state index < -0.39 is 11.9 Å². The fraction of sp³-hybridized carbons (Fsp3) is 0.231. The van der Waals surface area contributed by atoms with Gasteiger partial charge < -0.3 is 14.9 Å². The Morgan fingerprint density at radius 3 is 2.72 bits per heavy atom. The summed E-state index contributed by atoms with van der Waals surface area (Å²) in [7, 11) is 0. The first-order valence-electron chi connectivity index (χ1n) is 5.41. The molecule has 0 saturated carbocycles. The quantitative estimate of drug-likeness (QED) is 0.612. The number of hydrogen-bond acceptors (Lipinski definition) is 4. The lowest BCUT2D eigenvalue weighted by Gasteiger charge is -2.02. The first-order chi connectivity index (χ1) is 8.52. The van der Waals surface area contributed by atoms with E-state index in [0.717, 1.165) is 0 Å². The number of carboxylic acid groups (broad SMARTS) is 1. The summed E-state index contributed by atoms with van der Waals surface area (Å²) >= 11 is 0. The van der Waals surface area contributed by atoms with Gasteiger partial charge in [0.1, 0.15) is 5.75 Å². The van der Waals surface area contributed by atoms with Crippen LogP contribution in [0, 0.1) is 0 Å². The number of aliphatic carboxylic acids is 1. The van der Waals surface area contributed by atoms with Crippen LogP contribution in [0.4, 0.5) is 0 Å². The van der Waals surface area contributed by atoms with Crippen LogP contribution in [0.25, 0.3) is 6.08 Å². The smallest absolute Gasteiger partial charge is 0.330 e. The first kappa shape index (κ1) is 13.8. The Labute approximate surface area is 104 Å². The minimum atomic E-state index is -0.957. The topological polar surface area (TPSA) is 83.8 Å². The van der Waals surface area contributed by atoms with Gasteiger partial charge in [-0.2, -0.15) is 0 Å². The van der Waals surface area contributed by atoms with Crippen LogP contribution < -0.4 is 0 Å². The summed E-state index contributed by atoms with van der Waals surface area (Å²) in [6.45, 7) is 1.96. The summed E-state index contributed by atoms with van der Waals surface area (Å²) in [5, 5.41) is 18.2. The molecule has 0 aliphatic rings. The van der Waals surface area contributed by atoms with Crippen LogP contribution in [-0.2, 0) is 20.7 Å². The molecule has 0 aliphatic heterocycles. The number of carboxylic acids is 1. The van der Waals surface area contributed by atoms with E-state index in [1.165, 1.54) is 30.4 Å². The number of esters is 1. The zero-order valence-electron chi connectivity index (χ0n) is 9.92. The van der Waals surface area contributed by atoms with E-state index >= 15 is 0 Å². The van der Waals surface area contributed by atoms with Crippen molar-refractivity contribution in [3.63, 3.8) is 0 Å². The van der Waals surface area contributed by atoms with Crippen molar-refractivity contribution in [3.05, 3.63) is 35.4 Å². The van der Waals surface area contributed by atoms with Gasteiger partial charge in [0.25, 0.3) is 0 Å². The van der Waals surface area contributed by atoms with Gasteiger partial charge >= 0.3 is 11.9 Å². The predicted molar refractivity (Wildman–Crippen MR) is 65.1 cm³/mol. The molecule has 18 heavy (non-hydrogen) atoms. The number of carbonyl (C=O) groups excluding carboxylic acids is 1. The number of ether oxygens (including phenoxy) is 1. The largest absolute Gasteiger partial charge is 0.507 e. The Kier molecular flexibility index (Phi) is 4.92. The van der Waals surface area contributed by atoms with Gasteiger partial charge in [-0.15, -0.1) is 0 Å². The maximum absolute atomic E-state index is 11.1. The fourth-order valence-corrected chi connectivity index (χ4v) is 1.37. The van der Waals surface area contributed by atoms with Crippen LogP contribution in [-0.4, -0.2) is 28.8 Å². The molecule has 0 amide bonds. The third-order valence-corrected chi connectivity index (χ3v) is 2.13. The molecule has 0 spiro atoms. The second-order valence-corrected chi connectivity index (χ2v) is 3.55. The molecule has 5 nitrogen and oxygen atoms in total. The van der Waals surface area contributed by atoms with Crippen molar-refractivity contribution in [3.8, 4) is 5.75 Å². The summed E-state index contributed by atoms with van der Waals surface area (Å²) in [6.07, 6.45) is 2.43. The number of benzene rings is 1. The molecule has 96 valence electrons. The SMILES string of the molecule is CCOC(=O)C=Cc1cc(CC(=O)O)ccc1O. The average Bonchev–Trinajstić information content (AvgIpc) is 2.29. The molecule has 1 aromatic rings. The van der Waals surface area contributed by atoms with Crippen LogP contribution >= 0.6 is 0 Å². The van der Waals surface area contributed by atoms with Crippen molar-refractivity contribution in [2.45, 2.75) is 13.3 Å². The van der Waals surface area contributed by atoms with E-state index in [1.807, 2.05) is 0 Å². The van der Waals surface area contributed by atoms with Crippen LogP contribution in [0.1, 0.15) is 18.1 Å². The second kappa shape index (κ2) is 6.44. The monoisotopic (exact) mass is 250 g/mol. The van der Waals surface area contributed by atoms with Crippen molar-refractivity contribution >= 4 is 18.0 Å². The Morgan fingerprint density at radius 1 is 1.39 bits per heavy atom. The molecule has 0 aromatic heterocycles. The van der Waals surface area contributed by atoms with Gasteiger partial charge in [0.05, 0.1) is 13.0 Å². The fourth-order valence-electron chi connectivity index (χ4n) is 1.37. The zero-order chi connectivity index (χ0) is 13.5. The summed E-state index contributed by atoms with van der Waals surface area (Å²) in [6, 6.07) is 4.42. The van der Waals surface area contributed by atoms with Crippen molar-refractivity contribution < 1.29 is 24.5 Å². The van der Waals surface area contributed by atoms with Crippen LogP contribution in [0.2, 0.25) is 0 Å². The Balaban J connectivity index is 2.87. The normalized spacial score (nSPS) is 10.5. The summed E-state index contributed by atoms with van der Waals surface area (Å²) in [5.74, 6) is -1.49. The highest BCUT2D eigenvalue weighted by molar-refractivity contribution is 5.87. The lowest BCUT2D eigenvalue weighted by Crippen LogP contribution is -2.00. The van der Waals surface area contributed by atoms with Gasteiger partial charge in [0.15, 0.2) is 0 Å². The maximum atomic E-state index is 11.1. The third kappa shape index (κ3) is 4.29. The molecule has 0 aliphatic carbocycles. The van der Waals surface area contributed by atoms with Crippen LogP contribution in [0.15, 0.2) is 24.3 Å². The number of carbonyl (C=O) groups is 2. The van der Waals surface area contributed by atoms with Gasteiger partial charge in [-0.25, -0.2) is 4.79 Å². The van der Waals surface area contributed by atoms with E-state index in [0.29, 0.717) is 11.1 Å². The van der Waals surface area contributed by atoms with Gasteiger partial charge in [-0.05, 0) is 30.7 Å². The van der Waals surface area contributed by atoms with E-state index in [4.69, 9.17) is 9.84 Å². The Bertz CT molecular complexity index is 476. The Hall–Kier alpha value is -2.30. The van der Waals surface area contributed by atoms with Crippen molar-refractivity contribution in [2.75, 3.05) is 6.61 Å². The molecular formula is C13H14O5. The minimum Gasteiger partial charge on any atom is -0.507 e. The standard InChI is InChI=1S/C13H14O5/c1-2-18-13(17)6-4-10-7-9(8-12(15)16)3-5-11(10)14/h3-7,14H,2,8H2,1H3,(H,15,16). The highest BCUT2D eigenvalue weighted by atomic mass is 16.5. The summed E-state index contributed by atoms with van der Waals surface area (Å²) in [4.78, 5) is 21.7. The average molecular weight is 250 g/mol. The number of phenols is 1. The summed E-state index contributed by atoms with van der Waals surface area (Å²) < 4.78 is 4.70. The molecule has 0 radical (unpaired) electrons. The van der Waals surface area contributed by atoms with Crippen LogP contribution in [0.5, 0.6) is 5.75 Å². The van der Waals surface area contributed by atoms with Gasteiger partial charge in [-0.3, -0.25) is 4.79 Å². The highest BCUT2D eigenvalue weighted by Crippen LogP contribution is 2.20. The van der Waals surface area contributed by atoms with Gasteiger partial charge in [0, 0.05) is 11.6 Å². The van der Waals surface area contributed by atoms with E-state index in [2.05, 4.69) is 0 Å². The third-order valence-electron chi connectivity index (χ3n) is 2.13. The Morgan fingerprint density at radius 2 is 2.11 bits per heavy atom. The number of rotatable bonds is 5. The lowest BCUT2D eigenvalue weighted by molar-refractivity contribution is -0.137. The molecule has 0 unspecified atom stereocenters. The molecule has 0 atom stereocenters. The first-order valence-corrected chi connectivity index (χ1v) is 5.41. The predicted octanol–water partition coefficient (Wildman–Crippen LogP) is 1.60. The molecule has 1 rings (SSSR count). The van der Waals surface area contributed by atoms with Gasteiger partial charge in [-0.1, -0.05) is 6.07 Å². The number of aromatic hydroxyl groups is 1. The minimum absolute atomic E-state index is 0.0234. The molecule has 5 heteroatoms. The van der Waals surface area contributed by atoms with Crippen molar-refractivity contribution in [1.82, 2.24) is 0 Å². The lowest BCUT2D eigenvalue weighted by atomic mass is 10.1. The highest BCUT2D eigenvalue weighted by Gasteiger charge is 2.04. The molecule has 2 N–H and O–H groups in total.